The second kappa shape index (κ2) is 9.27. The van der Waals surface area contributed by atoms with Gasteiger partial charge in [-0.25, -0.2) is 0 Å². The van der Waals surface area contributed by atoms with Crippen molar-refractivity contribution in [3.05, 3.63) is 41.9 Å². The number of halogens is 1. The number of benzene rings is 1. The number of piperazine rings is 1. The van der Waals surface area contributed by atoms with E-state index in [1.165, 1.54) is 0 Å². The molecule has 0 radical (unpaired) electrons. The van der Waals surface area contributed by atoms with Crippen LogP contribution < -0.4 is 10.2 Å². The summed E-state index contributed by atoms with van der Waals surface area (Å²) in [6.07, 6.45) is 4.89. The predicted molar refractivity (Wildman–Crippen MR) is 109 cm³/mol. The van der Waals surface area contributed by atoms with Gasteiger partial charge in [0.25, 0.3) is 0 Å². The van der Waals surface area contributed by atoms with E-state index in [1.807, 2.05) is 23.1 Å². The van der Waals surface area contributed by atoms with Crippen molar-refractivity contribution in [2.24, 2.45) is 11.8 Å². The van der Waals surface area contributed by atoms with Crippen molar-refractivity contribution in [1.82, 2.24) is 10.2 Å². The Hall–Kier alpha value is -2.01. The van der Waals surface area contributed by atoms with Gasteiger partial charge in [-0.05, 0) is 43.9 Å². The maximum absolute atomic E-state index is 12.9. The first kappa shape index (κ1) is 19.7. The largest absolute Gasteiger partial charge is 0.368 e. The second-order valence-corrected chi connectivity index (χ2v) is 7.81. The number of carbonyl (C=O) groups is 2. The summed E-state index contributed by atoms with van der Waals surface area (Å²) in [5, 5.41) is 3.60. The smallest absolute Gasteiger partial charge is 0.225 e. The highest BCUT2D eigenvalue weighted by atomic mass is 35.5. The number of hydrogen-bond acceptors (Lipinski definition) is 3. The Labute approximate surface area is 166 Å². The van der Waals surface area contributed by atoms with Crippen LogP contribution in [0.3, 0.4) is 0 Å². The molecular weight excluding hydrogens is 362 g/mol. The fourth-order valence-electron chi connectivity index (χ4n) is 4.04. The molecule has 0 atom stereocenters. The van der Waals surface area contributed by atoms with Crippen molar-refractivity contribution in [3.8, 4) is 0 Å². The van der Waals surface area contributed by atoms with E-state index in [1.54, 1.807) is 6.08 Å². The molecule has 0 bridgehead atoms. The van der Waals surface area contributed by atoms with Gasteiger partial charge in [-0.2, -0.15) is 0 Å². The molecule has 6 heteroatoms. The van der Waals surface area contributed by atoms with E-state index in [4.69, 9.17) is 11.6 Å². The number of carbonyl (C=O) groups excluding carboxylic acids is 2. The topological polar surface area (TPSA) is 52.7 Å². The summed E-state index contributed by atoms with van der Waals surface area (Å²) in [7, 11) is 0. The molecule has 1 aromatic carbocycles. The molecule has 1 saturated carbocycles. The van der Waals surface area contributed by atoms with E-state index in [-0.39, 0.29) is 23.7 Å². The minimum atomic E-state index is 0.0358. The standard InChI is InChI=1S/C21H28ClN3O2/c1-2-10-23-20(26)16-6-8-17(9-7-16)21(27)25-13-11-24(12-14-25)19-5-3-4-18(22)15-19/h2-5,15-17H,1,6-14H2,(H,23,26). The summed E-state index contributed by atoms with van der Waals surface area (Å²) in [5.74, 6) is 0.446. The molecule has 1 aromatic rings. The number of anilines is 1. The number of rotatable bonds is 5. The van der Waals surface area contributed by atoms with Crippen molar-refractivity contribution < 1.29 is 9.59 Å². The minimum absolute atomic E-state index is 0.0358. The average molecular weight is 390 g/mol. The highest BCUT2D eigenvalue weighted by molar-refractivity contribution is 6.30. The van der Waals surface area contributed by atoms with Gasteiger partial charge in [-0.1, -0.05) is 23.7 Å². The second-order valence-electron chi connectivity index (χ2n) is 7.37. The zero-order valence-corrected chi connectivity index (χ0v) is 16.5. The lowest BCUT2D eigenvalue weighted by Crippen LogP contribution is -2.51. The Morgan fingerprint density at radius 2 is 1.78 bits per heavy atom. The van der Waals surface area contributed by atoms with Gasteiger partial charge >= 0.3 is 0 Å². The number of nitrogens with zero attached hydrogens (tertiary/aromatic N) is 2. The molecule has 0 unspecified atom stereocenters. The Bertz CT molecular complexity index is 678. The maximum atomic E-state index is 12.9. The van der Waals surface area contributed by atoms with Crippen LogP contribution in [0.1, 0.15) is 25.7 Å². The summed E-state index contributed by atoms with van der Waals surface area (Å²) in [5.41, 5.74) is 1.11. The van der Waals surface area contributed by atoms with Crippen LogP contribution in [0.15, 0.2) is 36.9 Å². The molecule has 0 spiro atoms. The van der Waals surface area contributed by atoms with Gasteiger partial charge in [0.05, 0.1) is 0 Å². The monoisotopic (exact) mass is 389 g/mol. The Morgan fingerprint density at radius 3 is 2.41 bits per heavy atom. The zero-order chi connectivity index (χ0) is 19.2. The molecule has 1 aliphatic heterocycles. The number of amides is 2. The molecule has 3 rings (SSSR count). The van der Waals surface area contributed by atoms with E-state index in [0.717, 1.165) is 62.6 Å². The van der Waals surface area contributed by atoms with Crippen LogP contribution in [0.2, 0.25) is 5.02 Å². The van der Waals surface area contributed by atoms with Gasteiger partial charge in [-0.3, -0.25) is 9.59 Å². The summed E-state index contributed by atoms with van der Waals surface area (Å²) in [6, 6.07) is 7.86. The van der Waals surface area contributed by atoms with E-state index < -0.39 is 0 Å². The van der Waals surface area contributed by atoms with Crippen molar-refractivity contribution in [2.45, 2.75) is 25.7 Å². The highest BCUT2D eigenvalue weighted by Gasteiger charge is 2.33. The Morgan fingerprint density at radius 1 is 1.11 bits per heavy atom. The van der Waals surface area contributed by atoms with Crippen LogP contribution >= 0.6 is 11.6 Å². The molecule has 1 heterocycles. The molecular formula is C21H28ClN3O2. The van der Waals surface area contributed by atoms with Crippen LogP contribution in [-0.4, -0.2) is 49.4 Å². The van der Waals surface area contributed by atoms with Crippen molar-refractivity contribution >= 4 is 29.1 Å². The fourth-order valence-corrected chi connectivity index (χ4v) is 4.22. The molecule has 1 N–H and O–H groups in total. The minimum Gasteiger partial charge on any atom is -0.368 e. The predicted octanol–water partition coefficient (Wildman–Crippen LogP) is 3.10. The summed E-state index contributed by atoms with van der Waals surface area (Å²) in [4.78, 5) is 29.2. The van der Waals surface area contributed by atoms with Crippen LogP contribution in [0.5, 0.6) is 0 Å². The number of nitrogens with one attached hydrogen (secondary N) is 1. The summed E-state index contributed by atoms with van der Waals surface area (Å²) < 4.78 is 0. The van der Waals surface area contributed by atoms with Gasteiger partial charge in [0.1, 0.15) is 0 Å². The van der Waals surface area contributed by atoms with Crippen LogP contribution in [0, 0.1) is 11.8 Å². The molecule has 5 nitrogen and oxygen atoms in total. The maximum Gasteiger partial charge on any atom is 0.225 e. The zero-order valence-electron chi connectivity index (χ0n) is 15.7. The van der Waals surface area contributed by atoms with Crippen molar-refractivity contribution in [3.63, 3.8) is 0 Å². The van der Waals surface area contributed by atoms with Gasteiger partial charge in [0.15, 0.2) is 0 Å². The molecule has 2 amide bonds. The molecule has 2 aliphatic rings. The lowest BCUT2D eigenvalue weighted by molar-refractivity contribution is -0.138. The summed E-state index contributed by atoms with van der Waals surface area (Å²) in [6.45, 7) is 7.26. The Kier molecular flexibility index (Phi) is 6.78. The van der Waals surface area contributed by atoms with Gasteiger partial charge in [-0.15, -0.1) is 6.58 Å². The average Bonchev–Trinajstić information content (AvgIpc) is 2.71. The first-order valence-corrected chi connectivity index (χ1v) is 10.1. The van der Waals surface area contributed by atoms with Crippen molar-refractivity contribution in [2.75, 3.05) is 37.6 Å². The molecule has 0 aromatic heterocycles. The lowest BCUT2D eigenvalue weighted by Gasteiger charge is -2.38. The van der Waals surface area contributed by atoms with Gasteiger partial charge in [0, 0.05) is 55.3 Å². The summed E-state index contributed by atoms with van der Waals surface area (Å²) >= 11 is 6.08. The third-order valence-electron chi connectivity index (χ3n) is 5.63. The van der Waals surface area contributed by atoms with Gasteiger partial charge in [0.2, 0.25) is 11.8 Å². The van der Waals surface area contributed by atoms with Gasteiger partial charge < -0.3 is 15.1 Å². The quantitative estimate of drug-likeness (QED) is 0.787. The Balaban J connectivity index is 1.46. The molecule has 1 aliphatic carbocycles. The van der Waals surface area contributed by atoms with E-state index >= 15 is 0 Å². The first-order chi connectivity index (χ1) is 13.1. The molecule has 1 saturated heterocycles. The molecule has 146 valence electrons. The van der Waals surface area contributed by atoms with E-state index in [0.29, 0.717) is 6.54 Å². The molecule has 2 fully saturated rings. The first-order valence-electron chi connectivity index (χ1n) is 9.76. The lowest BCUT2D eigenvalue weighted by atomic mass is 9.81. The van der Waals surface area contributed by atoms with E-state index in [9.17, 15) is 9.59 Å². The third-order valence-corrected chi connectivity index (χ3v) is 5.87. The normalized spacial score (nSPS) is 23.0. The van der Waals surface area contributed by atoms with Crippen LogP contribution in [0.25, 0.3) is 0 Å². The van der Waals surface area contributed by atoms with Crippen molar-refractivity contribution in [1.29, 1.82) is 0 Å². The number of hydrogen-bond donors (Lipinski definition) is 1. The SMILES string of the molecule is C=CCNC(=O)C1CCC(C(=O)N2CCN(c3cccc(Cl)c3)CC2)CC1. The molecule has 27 heavy (non-hydrogen) atoms. The van der Waals surface area contributed by atoms with Crippen LogP contribution in [0.4, 0.5) is 5.69 Å². The highest BCUT2D eigenvalue weighted by Crippen LogP contribution is 2.31. The van der Waals surface area contributed by atoms with E-state index in [2.05, 4.69) is 22.9 Å². The third kappa shape index (κ3) is 5.04. The fraction of sp³-hybridized carbons (Fsp3) is 0.524. The van der Waals surface area contributed by atoms with Crippen LogP contribution in [-0.2, 0) is 9.59 Å².